The van der Waals surface area contributed by atoms with E-state index in [2.05, 4.69) is 6.58 Å². The number of allylic oxidation sites excluding steroid dienone is 1. The van der Waals surface area contributed by atoms with E-state index in [9.17, 15) is 5.11 Å². The third-order valence-electron chi connectivity index (χ3n) is 2.78. The molecule has 2 unspecified atom stereocenters. The van der Waals surface area contributed by atoms with E-state index in [0.717, 1.165) is 37.6 Å². The number of benzene rings is 1. The van der Waals surface area contributed by atoms with Crippen LogP contribution in [0.2, 0.25) is 0 Å². The summed E-state index contributed by atoms with van der Waals surface area (Å²) in [5.41, 5.74) is 1.71. The molecule has 2 aliphatic rings. The van der Waals surface area contributed by atoms with Gasteiger partial charge in [-0.2, -0.15) is 0 Å². The molecular weight excluding hydrogens is 244 g/mol. The van der Waals surface area contributed by atoms with Gasteiger partial charge in [0.15, 0.2) is 0 Å². The van der Waals surface area contributed by atoms with Gasteiger partial charge in [0.25, 0.3) is 0 Å². The number of para-hydroxylation sites is 1. The van der Waals surface area contributed by atoms with Crippen LogP contribution in [0.4, 0.5) is 0 Å². The van der Waals surface area contributed by atoms with Crippen LogP contribution in [-0.2, 0) is 14.2 Å². The number of ether oxygens (including phenoxy) is 3. The number of rotatable bonds is 5. The summed E-state index contributed by atoms with van der Waals surface area (Å²) < 4.78 is 15.1. The lowest BCUT2D eigenvalue weighted by Gasteiger charge is -2.00. The zero-order chi connectivity index (χ0) is 13.7. The van der Waals surface area contributed by atoms with E-state index >= 15 is 0 Å². The maximum Gasteiger partial charge on any atom is 0.123 e. The van der Waals surface area contributed by atoms with E-state index in [4.69, 9.17) is 14.2 Å². The quantitative estimate of drug-likeness (QED) is 0.829. The monoisotopic (exact) mass is 264 g/mol. The maximum absolute atomic E-state index is 9.22. The van der Waals surface area contributed by atoms with Crippen molar-refractivity contribution in [2.45, 2.75) is 19.1 Å². The van der Waals surface area contributed by atoms with Gasteiger partial charge in [0.2, 0.25) is 0 Å². The molecule has 0 amide bonds. The zero-order valence-electron chi connectivity index (χ0n) is 11.2. The summed E-state index contributed by atoms with van der Waals surface area (Å²) in [7, 11) is 0. The summed E-state index contributed by atoms with van der Waals surface area (Å²) in [5, 5.41) is 9.22. The Morgan fingerprint density at radius 1 is 1.26 bits per heavy atom. The third kappa shape index (κ3) is 5.42. The molecule has 0 aromatic heterocycles. The minimum atomic E-state index is 0.301. The molecule has 2 saturated heterocycles. The number of aromatic hydroxyl groups is 1. The highest BCUT2D eigenvalue weighted by Crippen LogP contribution is 2.21. The van der Waals surface area contributed by atoms with E-state index in [0.29, 0.717) is 18.0 Å². The molecule has 0 aliphatic carbocycles. The molecule has 1 N–H and O–H groups in total. The number of phenols is 1. The summed E-state index contributed by atoms with van der Waals surface area (Å²) in [4.78, 5) is 0. The first-order valence-electron chi connectivity index (χ1n) is 6.41. The van der Waals surface area contributed by atoms with Gasteiger partial charge in [-0.05, 0) is 18.6 Å². The summed E-state index contributed by atoms with van der Waals surface area (Å²) in [5.74, 6) is 0.301. The molecule has 1 aromatic rings. The Labute approximate surface area is 113 Å². The number of hydrogen-bond donors (Lipinski definition) is 1. The topological polar surface area (TPSA) is 54.5 Å². The van der Waals surface area contributed by atoms with E-state index in [1.165, 1.54) is 0 Å². The van der Waals surface area contributed by atoms with Gasteiger partial charge < -0.3 is 19.3 Å². The Morgan fingerprint density at radius 3 is 2.16 bits per heavy atom. The fourth-order valence-electron chi connectivity index (χ4n) is 1.49. The van der Waals surface area contributed by atoms with Crippen molar-refractivity contribution in [1.29, 1.82) is 0 Å². The lowest BCUT2D eigenvalue weighted by Crippen LogP contribution is -2.06. The predicted octanol–water partition coefficient (Wildman–Crippen LogP) is 2.23. The van der Waals surface area contributed by atoms with Crippen molar-refractivity contribution in [3.63, 3.8) is 0 Å². The van der Waals surface area contributed by atoms with Crippen molar-refractivity contribution in [1.82, 2.24) is 0 Å². The van der Waals surface area contributed by atoms with Crippen molar-refractivity contribution in [3.8, 4) is 5.75 Å². The Hall–Kier alpha value is -1.36. The smallest absolute Gasteiger partial charge is 0.123 e. The van der Waals surface area contributed by atoms with Crippen LogP contribution in [0, 0.1) is 0 Å². The van der Waals surface area contributed by atoms with Gasteiger partial charge in [0, 0.05) is 5.56 Å². The van der Waals surface area contributed by atoms with Crippen molar-refractivity contribution in [2.24, 2.45) is 0 Å². The molecule has 1 aromatic carbocycles. The lowest BCUT2D eigenvalue weighted by atomic mass is 10.1. The van der Waals surface area contributed by atoms with Gasteiger partial charge in [-0.1, -0.05) is 24.8 Å². The Kier molecular flexibility index (Phi) is 4.96. The first-order chi connectivity index (χ1) is 9.16. The minimum absolute atomic E-state index is 0.301. The molecule has 2 fully saturated rings. The van der Waals surface area contributed by atoms with Crippen LogP contribution in [0.25, 0.3) is 5.57 Å². The van der Waals surface area contributed by atoms with Crippen molar-refractivity contribution in [3.05, 3.63) is 36.4 Å². The summed E-state index contributed by atoms with van der Waals surface area (Å²) in [6.07, 6.45) is 0.785. The summed E-state index contributed by atoms with van der Waals surface area (Å²) in [6, 6.07) is 7.17. The second kappa shape index (κ2) is 6.70. The van der Waals surface area contributed by atoms with Crippen LogP contribution in [0.1, 0.15) is 12.5 Å². The van der Waals surface area contributed by atoms with E-state index in [1.54, 1.807) is 12.1 Å². The average Bonchev–Trinajstić information content (AvgIpc) is 3.25. The SMILES string of the molecule is C(OCC1CO1)C1CO1.C=C(C)c1ccccc1O. The molecule has 2 atom stereocenters. The number of hydrogen-bond acceptors (Lipinski definition) is 4. The highest BCUT2D eigenvalue weighted by atomic mass is 16.6. The standard InChI is InChI=1S/C9H10O.C6H10O3/c1-7(2)8-5-3-4-6-9(8)10;1(5-3-8-5)7-2-6-4-9-6/h3-6,10H,1H2,2H3;5-6H,1-4H2. The van der Waals surface area contributed by atoms with Crippen LogP contribution in [0.5, 0.6) is 5.75 Å². The molecular formula is C15H20O4. The molecule has 104 valence electrons. The molecule has 19 heavy (non-hydrogen) atoms. The van der Waals surface area contributed by atoms with Crippen molar-refractivity contribution >= 4 is 5.57 Å². The van der Waals surface area contributed by atoms with Gasteiger partial charge in [0.1, 0.15) is 18.0 Å². The molecule has 4 nitrogen and oxygen atoms in total. The van der Waals surface area contributed by atoms with Gasteiger partial charge >= 0.3 is 0 Å². The van der Waals surface area contributed by atoms with Crippen molar-refractivity contribution in [2.75, 3.05) is 26.4 Å². The normalized spacial score (nSPS) is 23.2. The average molecular weight is 264 g/mol. The van der Waals surface area contributed by atoms with Crippen LogP contribution in [-0.4, -0.2) is 43.7 Å². The van der Waals surface area contributed by atoms with Crippen LogP contribution >= 0.6 is 0 Å². The lowest BCUT2D eigenvalue weighted by molar-refractivity contribution is 0.102. The molecule has 0 saturated carbocycles. The summed E-state index contributed by atoms with van der Waals surface area (Å²) >= 11 is 0. The van der Waals surface area contributed by atoms with E-state index < -0.39 is 0 Å². The predicted molar refractivity (Wildman–Crippen MR) is 73.1 cm³/mol. The van der Waals surface area contributed by atoms with E-state index in [-0.39, 0.29) is 0 Å². The second-order valence-electron chi connectivity index (χ2n) is 4.75. The second-order valence-corrected chi connectivity index (χ2v) is 4.75. The molecule has 4 heteroatoms. The first-order valence-corrected chi connectivity index (χ1v) is 6.41. The molecule has 2 aliphatic heterocycles. The van der Waals surface area contributed by atoms with Crippen LogP contribution in [0.3, 0.4) is 0 Å². The van der Waals surface area contributed by atoms with Gasteiger partial charge in [-0.15, -0.1) is 0 Å². The summed E-state index contributed by atoms with van der Waals surface area (Å²) in [6.45, 7) is 8.86. The zero-order valence-corrected chi connectivity index (χ0v) is 11.2. The Morgan fingerprint density at radius 2 is 1.79 bits per heavy atom. The number of phenolic OH excluding ortho intramolecular Hbond substituents is 1. The Balaban J connectivity index is 0.000000141. The highest BCUT2D eigenvalue weighted by molar-refractivity contribution is 5.66. The largest absolute Gasteiger partial charge is 0.507 e. The minimum Gasteiger partial charge on any atom is -0.507 e. The number of epoxide rings is 2. The van der Waals surface area contributed by atoms with Gasteiger partial charge in [-0.3, -0.25) is 0 Å². The molecule has 0 radical (unpaired) electrons. The molecule has 0 bridgehead atoms. The molecule has 2 heterocycles. The van der Waals surface area contributed by atoms with Gasteiger partial charge in [-0.25, -0.2) is 0 Å². The van der Waals surface area contributed by atoms with Crippen LogP contribution in [0.15, 0.2) is 30.8 Å². The Bertz CT molecular complexity index is 410. The van der Waals surface area contributed by atoms with Crippen LogP contribution < -0.4 is 0 Å². The fraction of sp³-hybridized carbons (Fsp3) is 0.467. The first kappa shape index (κ1) is 14.1. The maximum atomic E-state index is 9.22. The molecule has 3 rings (SSSR count). The highest BCUT2D eigenvalue weighted by Gasteiger charge is 2.26. The fourth-order valence-corrected chi connectivity index (χ4v) is 1.49. The van der Waals surface area contributed by atoms with Gasteiger partial charge in [0.05, 0.1) is 26.4 Å². The van der Waals surface area contributed by atoms with Crippen molar-refractivity contribution < 1.29 is 19.3 Å². The molecule has 0 spiro atoms. The third-order valence-corrected chi connectivity index (χ3v) is 2.78. The van der Waals surface area contributed by atoms with E-state index in [1.807, 2.05) is 19.1 Å².